The zero-order chi connectivity index (χ0) is 16.1. The summed E-state index contributed by atoms with van der Waals surface area (Å²) < 4.78 is 6.63. The van der Waals surface area contributed by atoms with Crippen molar-refractivity contribution >= 4 is 0 Å². The summed E-state index contributed by atoms with van der Waals surface area (Å²) >= 11 is 0. The Kier molecular flexibility index (Phi) is 2.70. The van der Waals surface area contributed by atoms with Crippen molar-refractivity contribution in [1.29, 1.82) is 0 Å². The summed E-state index contributed by atoms with van der Waals surface area (Å²) in [5.41, 5.74) is 3.59. The summed E-state index contributed by atoms with van der Waals surface area (Å²) in [4.78, 5) is 2.93. The Bertz CT molecular complexity index is 695. The van der Waals surface area contributed by atoms with Crippen LogP contribution in [0.15, 0.2) is 18.2 Å². The molecule has 2 nitrogen and oxygen atoms in total. The summed E-state index contributed by atoms with van der Waals surface area (Å²) in [6.45, 7) is 6.23. The van der Waals surface area contributed by atoms with E-state index in [1.807, 2.05) is 0 Å². The van der Waals surface area contributed by atoms with Gasteiger partial charge in [0.05, 0.1) is 0 Å². The molecule has 0 N–H and O–H groups in total. The molecule has 2 heteroatoms. The van der Waals surface area contributed by atoms with Gasteiger partial charge < -0.3 is 4.74 Å². The minimum Gasteiger partial charge on any atom is -0.489 e. The number of ether oxygens (including phenoxy) is 1. The number of hydrogen-bond donors (Lipinski definition) is 0. The molecular weight excluding hydrogens is 294 g/mol. The Morgan fingerprint density at radius 3 is 2.92 bits per heavy atom. The molecule has 2 saturated carbocycles. The fourth-order valence-electron chi connectivity index (χ4n) is 7.17. The third-order valence-electron chi connectivity index (χ3n) is 8.38. The third-order valence-corrected chi connectivity index (χ3v) is 8.38. The molecule has 3 fully saturated rings. The number of nitrogens with zero attached hydrogens (tertiary/aromatic N) is 1. The largest absolute Gasteiger partial charge is 0.489 e. The summed E-state index contributed by atoms with van der Waals surface area (Å²) in [6.07, 6.45) is 8.71. The van der Waals surface area contributed by atoms with Gasteiger partial charge in [-0.25, -0.2) is 0 Å². The minimum atomic E-state index is 0.340. The Labute approximate surface area is 145 Å². The summed E-state index contributed by atoms with van der Waals surface area (Å²) in [7, 11) is 0. The molecule has 2 aliphatic heterocycles. The van der Waals surface area contributed by atoms with Crippen molar-refractivity contribution in [3.05, 3.63) is 29.3 Å². The van der Waals surface area contributed by atoms with Gasteiger partial charge in [0.2, 0.25) is 0 Å². The van der Waals surface area contributed by atoms with E-state index < -0.39 is 0 Å². The first-order chi connectivity index (χ1) is 11.7. The molecule has 24 heavy (non-hydrogen) atoms. The number of hydrogen-bond acceptors (Lipinski definition) is 2. The highest BCUT2D eigenvalue weighted by atomic mass is 16.5. The SMILES string of the molecule is CC1CCC2C3Cc4cccc5c4C2(CCN3C(C)C2CC2)C1O5. The molecule has 2 bridgehead atoms. The number of piperidine rings is 1. The van der Waals surface area contributed by atoms with Crippen LogP contribution < -0.4 is 4.74 Å². The average Bonchev–Trinajstić information content (AvgIpc) is 3.37. The Hall–Kier alpha value is -1.02. The maximum Gasteiger partial charge on any atom is 0.123 e. The monoisotopic (exact) mass is 323 g/mol. The molecule has 1 saturated heterocycles. The second-order valence-corrected chi connectivity index (χ2v) is 9.37. The van der Waals surface area contributed by atoms with Gasteiger partial charge in [-0.05, 0) is 81.4 Å². The number of rotatable bonds is 2. The molecule has 0 aromatic heterocycles. The first kappa shape index (κ1) is 14.2. The van der Waals surface area contributed by atoms with Crippen molar-refractivity contribution in [2.45, 2.75) is 76.0 Å². The van der Waals surface area contributed by atoms with Crippen LogP contribution in [0.1, 0.15) is 57.1 Å². The molecule has 0 amide bonds. The summed E-state index contributed by atoms with van der Waals surface area (Å²) in [5, 5.41) is 0. The molecule has 6 unspecified atom stereocenters. The summed E-state index contributed by atoms with van der Waals surface area (Å²) in [6, 6.07) is 8.43. The standard InChI is InChI=1S/C22H29NO/c1-13-6-9-17-18-12-16-4-3-5-19-20(16)22(17,21(13)24-19)10-11-23(18)14(2)15-7-8-15/h3-5,13-15,17-18,21H,6-12H2,1-2H3. The van der Waals surface area contributed by atoms with Crippen molar-refractivity contribution < 1.29 is 4.74 Å². The quantitative estimate of drug-likeness (QED) is 0.810. The van der Waals surface area contributed by atoms with Gasteiger partial charge in [0.25, 0.3) is 0 Å². The first-order valence-corrected chi connectivity index (χ1v) is 10.2. The molecule has 5 aliphatic rings. The topological polar surface area (TPSA) is 12.5 Å². The van der Waals surface area contributed by atoms with Gasteiger partial charge in [-0.15, -0.1) is 0 Å². The van der Waals surface area contributed by atoms with E-state index in [0.29, 0.717) is 17.4 Å². The first-order valence-electron chi connectivity index (χ1n) is 10.2. The van der Waals surface area contributed by atoms with Gasteiger partial charge in [-0.1, -0.05) is 19.1 Å². The maximum atomic E-state index is 6.63. The van der Waals surface area contributed by atoms with Gasteiger partial charge in [0.15, 0.2) is 0 Å². The van der Waals surface area contributed by atoms with E-state index in [2.05, 4.69) is 36.9 Å². The van der Waals surface area contributed by atoms with Crippen molar-refractivity contribution in [2.75, 3.05) is 6.54 Å². The van der Waals surface area contributed by atoms with Crippen LogP contribution in [0.2, 0.25) is 0 Å². The van der Waals surface area contributed by atoms with Gasteiger partial charge in [0.1, 0.15) is 11.9 Å². The smallest absolute Gasteiger partial charge is 0.123 e. The lowest BCUT2D eigenvalue weighted by atomic mass is 9.50. The third kappa shape index (κ3) is 1.57. The fourth-order valence-corrected chi connectivity index (χ4v) is 7.17. The van der Waals surface area contributed by atoms with Crippen LogP contribution in [0.5, 0.6) is 5.75 Å². The van der Waals surface area contributed by atoms with E-state index in [4.69, 9.17) is 4.74 Å². The van der Waals surface area contributed by atoms with Crippen LogP contribution in [-0.2, 0) is 11.8 Å². The Morgan fingerprint density at radius 2 is 2.08 bits per heavy atom. The molecule has 1 aromatic carbocycles. The van der Waals surface area contributed by atoms with Crippen LogP contribution in [0.4, 0.5) is 0 Å². The maximum absolute atomic E-state index is 6.63. The van der Waals surface area contributed by atoms with Crippen LogP contribution in [-0.4, -0.2) is 29.6 Å². The van der Waals surface area contributed by atoms with Crippen molar-refractivity contribution in [3.63, 3.8) is 0 Å². The van der Waals surface area contributed by atoms with Crippen LogP contribution >= 0.6 is 0 Å². The molecule has 128 valence electrons. The highest BCUT2D eigenvalue weighted by molar-refractivity contribution is 5.54. The van der Waals surface area contributed by atoms with Crippen LogP contribution in [0.3, 0.4) is 0 Å². The molecule has 3 aliphatic carbocycles. The predicted octanol–water partition coefficient (Wildman–Crippen LogP) is 4.16. The number of likely N-dealkylation sites (tertiary alicyclic amines) is 1. The van der Waals surface area contributed by atoms with Crippen molar-refractivity contribution in [1.82, 2.24) is 4.90 Å². The van der Waals surface area contributed by atoms with Gasteiger partial charge in [-0.2, -0.15) is 0 Å². The Morgan fingerprint density at radius 1 is 1.21 bits per heavy atom. The van der Waals surface area contributed by atoms with Gasteiger partial charge in [-0.3, -0.25) is 4.90 Å². The van der Waals surface area contributed by atoms with Gasteiger partial charge >= 0.3 is 0 Å². The Balaban J connectivity index is 1.51. The van der Waals surface area contributed by atoms with Crippen molar-refractivity contribution in [2.24, 2.45) is 17.8 Å². The second-order valence-electron chi connectivity index (χ2n) is 9.37. The molecule has 6 rings (SSSR count). The van der Waals surface area contributed by atoms with Crippen LogP contribution in [0.25, 0.3) is 0 Å². The molecule has 1 aromatic rings. The zero-order valence-electron chi connectivity index (χ0n) is 15.0. The molecular formula is C22H29NO. The van der Waals surface area contributed by atoms with E-state index in [1.165, 1.54) is 50.8 Å². The highest BCUT2D eigenvalue weighted by Gasteiger charge is 2.64. The minimum absolute atomic E-state index is 0.340. The highest BCUT2D eigenvalue weighted by Crippen LogP contribution is 2.63. The lowest BCUT2D eigenvalue weighted by Gasteiger charge is -2.60. The van der Waals surface area contributed by atoms with E-state index in [1.54, 1.807) is 11.1 Å². The lowest BCUT2D eigenvalue weighted by molar-refractivity contribution is -0.0845. The average molecular weight is 323 g/mol. The number of benzene rings is 1. The lowest BCUT2D eigenvalue weighted by Crippen LogP contribution is -2.67. The van der Waals surface area contributed by atoms with Gasteiger partial charge in [0, 0.05) is 23.1 Å². The second kappa shape index (κ2) is 4.58. The summed E-state index contributed by atoms with van der Waals surface area (Å²) in [5.74, 6) is 3.74. The molecule has 0 radical (unpaired) electrons. The predicted molar refractivity (Wildman–Crippen MR) is 95.4 cm³/mol. The van der Waals surface area contributed by atoms with E-state index in [9.17, 15) is 0 Å². The zero-order valence-corrected chi connectivity index (χ0v) is 15.0. The van der Waals surface area contributed by atoms with Crippen molar-refractivity contribution in [3.8, 4) is 5.75 Å². The fraction of sp³-hybridized carbons (Fsp3) is 0.727. The molecule has 6 atom stereocenters. The molecule has 1 spiro atoms. The van der Waals surface area contributed by atoms with E-state index in [0.717, 1.165) is 23.9 Å². The van der Waals surface area contributed by atoms with E-state index >= 15 is 0 Å². The van der Waals surface area contributed by atoms with Crippen LogP contribution in [0, 0.1) is 17.8 Å². The van der Waals surface area contributed by atoms with E-state index in [-0.39, 0.29) is 0 Å². The molecule has 2 heterocycles. The normalized spacial score (nSPS) is 43.9.